The number of sulfone groups is 1. The van der Waals surface area contributed by atoms with Gasteiger partial charge in [-0.2, -0.15) is 5.10 Å². The van der Waals surface area contributed by atoms with E-state index >= 15 is 0 Å². The minimum atomic E-state index is -2.96. The lowest BCUT2D eigenvalue weighted by Gasteiger charge is -2.25. The molecule has 2 rings (SSSR count). The van der Waals surface area contributed by atoms with Crippen LogP contribution >= 0.6 is 11.6 Å². The number of nitrogens with two attached hydrogens (primary N) is 1. The van der Waals surface area contributed by atoms with Gasteiger partial charge in [-0.1, -0.05) is 18.5 Å². The van der Waals surface area contributed by atoms with Gasteiger partial charge in [0.15, 0.2) is 9.84 Å². The molecule has 0 radical (unpaired) electrons. The zero-order valence-electron chi connectivity index (χ0n) is 11.3. The van der Waals surface area contributed by atoms with Gasteiger partial charge in [0.2, 0.25) is 0 Å². The Morgan fingerprint density at radius 2 is 2.21 bits per heavy atom. The molecule has 0 saturated carbocycles. The van der Waals surface area contributed by atoms with E-state index in [4.69, 9.17) is 17.3 Å². The Morgan fingerprint density at radius 3 is 2.63 bits per heavy atom. The van der Waals surface area contributed by atoms with E-state index in [1.807, 2.05) is 14.0 Å². The molecule has 0 aliphatic carbocycles. The molecule has 1 aliphatic rings. The van der Waals surface area contributed by atoms with Gasteiger partial charge in [0.25, 0.3) is 0 Å². The SMILES string of the molecule is CCc1nn(C)c(CC2(CN)CCS(=O)(=O)C2)c1Cl. The molecule has 2 N–H and O–H groups in total. The third kappa shape index (κ3) is 2.80. The molecule has 1 atom stereocenters. The van der Waals surface area contributed by atoms with Gasteiger partial charge in [0.05, 0.1) is 27.9 Å². The summed E-state index contributed by atoms with van der Waals surface area (Å²) in [7, 11) is -1.12. The van der Waals surface area contributed by atoms with Crippen LogP contribution in [0.1, 0.15) is 24.7 Å². The second-order valence-electron chi connectivity index (χ2n) is 5.41. The third-order valence-electron chi connectivity index (χ3n) is 3.95. The molecule has 2 heterocycles. The maximum absolute atomic E-state index is 11.7. The standard InChI is InChI=1S/C12H20ClN3O2S/c1-3-9-11(13)10(16(2)15-9)6-12(7-14)4-5-19(17,18)8-12/h3-8,14H2,1-2H3. The molecule has 1 fully saturated rings. The smallest absolute Gasteiger partial charge is 0.150 e. The van der Waals surface area contributed by atoms with Crippen LogP contribution in [0.5, 0.6) is 0 Å². The molecule has 0 spiro atoms. The summed E-state index contributed by atoms with van der Waals surface area (Å²) in [6.45, 7) is 2.35. The second kappa shape index (κ2) is 5.07. The Kier molecular flexibility index (Phi) is 3.95. The number of hydrogen-bond donors (Lipinski definition) is 1. The van der Waals surface area contributed by atoms with Crippen LogP contribution < -0.4 is 5.73 Å². The summed E-state index contributed by atoms with van der Waals surface area (Å²) in [5.74, 6) is 0.375. The van der Waals surface area contributed by atoms with Crippen LogP contribution in [0.15, 0.2) is 0 Å². The van der Waals surface area contributed by atoms with Crippen LogP contribution in [0.2, 0.25) is 5.02 Å². The Bertz CT molecular complexity index is 582. The highest BCUT2D eigenvalue weighted by Gasteiger charge is 2.42. The molecule has 0 amide bonds. The van der Waals surface area contributed by atoms with Crippen LogP contribution in [-0.4, -0.2) is 36.2 Å². The predicted octanol–water partition coefficient (Wildman–Crippen LogP) is 0.942. The lowest BCUT2D eigenvalue weighted by Crippen LogP contribution is -2.34. The molecular weight excluding hydrogens is 286 g/mol. The van der Waals surface area contributed by atoms with Gasteiger partial charge in [-0.05, 0) is 25.8 Å². The van der Waals surface area contributed by atoms with Crippen molar-refractivity contribution in [1.29, 1.82) is 0 Å². The zero-order valence-corrected chi connectivity index (χ0v) is 12.9. The topological polar surface area (TPSA) is 78.0 Å². The van der Waals surface area contributed by atoms with E-state index in [9.17, 15) is 8.42 Å². The molecule has 0 aromatic carbocycles. The molecule has 7 heteroatoms. The molecule has 0 bridgehead atoms. The van der Waals surface area contributed by atoms with Crippen molar-refractivity contribution in [2.24, 2.45) is 18.2 Å². The quantitative estimate of drug-likeness (QED) is 0.898. The first-order chi connectivity index (χ1) is 8.82. The van der Waals surface area contributed by atoms with Crippen LogP contribution in [0.25, 0.3) is 0 Å². The molecule has 1 unspecified atom stereocenters. The molecular formula is C12H20ClN3O2S. The summed E-state index contributed by atoms with van der Waals surface area (Å²) in [5.41, 5.74) is 7.20. The van der Waals surface area contributed by atoms with Gasteiger partial charge in [-0.25, -0.2) is 8.42 Å². The molecule has 1 saturated heterocycles. The fourth-order valence-corrected chi connectivity index (χ4v) is 5.27. The number of rotatable bonds is 4. The van der Waals surface area contributed by atoms with E-state index < -0.39 is 9.84 Å². The maximum Gasteiger partial charge on any atom is 0.150 e. The lowest BCUT2D eigenvalue weighted by molar-refractivity contribution is 0.335. The minimum Gasteiger partial charge on any atom is -0.330 e. The average Bonchev–Trinajstić information content (AvgIpc) is 2.81. The normalized spacial score (nSPS) is 25.9. The van der Waals surface area contributed by atoms with Crippen molar-refractivity contribution in [3.63, 3.8) is 0 Å². The molecule has 1 aromatic rings. The van der Waals surface area contributed by atoms with E-state index in [2.05, 4.69) is 5.10 Å². The van der Waals surface area contributed by atoms with Gasteiger partial charge in [-0.15, -0.1) is 0 Å². The number of aryl methyl sites for hydroxylation is 2. The second-order valence-corrected chi connectivity index (χ2v) is 7.97. The van der Waals surface area contributed by atoms with Gasteiger partial charge in [0, 0.05) is 12.5 Å². The van der Waals surface area contributed by atoms with Gasteiger partial charge >= 0.3 is 0 Å². The van der Waals surface area contributed by atoms with Crippen molar-refractivity contribution >= 4 is 21.4 Å². The third-order valence-corrected chi connectivity index (χ3v) is 6.26. The summed E-state index contributed by atoms with van der Waals surface area (Å²) in [6.07, 6.45) is 1.94. The number of nitrogens with zero attached hydrogens (tertiary/aromatic N) is 2. The maximum atomic E-state index is 11.7. The molecule has 5 nitrogen and oxygen atoms in total. The van der Waals surface area contributed by atoms with E-state index in [0.29, 0.717) is 24.4 Å². The first-order valence-electron chi connectivity index (χ1n) is 6.43. The van der Waals surface area contributed by atoms with E-state index in [1.54, 1.807) is 4.68 Å². The summed E-state index contributed by atoms with van der Waals surface area (Å²) in [5, 5.41) is 5.02. The molecule has 19 heavy (non-hydrogen) atoms. The highest BCUT2D eigenvalue weighted by atomic mass is 35.5. The van der Waals surface area contributed by atoms with Crippen LogP contribution in [0, 0.1) is 5.41 Å². The van der Waals surface area contributed by atoms with Gasteiger partial charge in [-0.3, -0.25) is 4.68 Å². The number of hydrogen-bond acceptors (Lipinski definition) is 4. The van der Waals surface area contributed by atoms with Gasteiger partial charge < -0.3 is 5.73 Å². The molecule has 108 valence electrons. The predicted molar refractivity (Wildman–Crippen MR) is 76.1 cm³/mol. The summed E-state index contributed by atoms with van der Waals surface area (Å²) < 4.78 is 25.2. The Morgan fingerprint density at radius 1 is 1.53 bits per heavy atom. The summed E-state index contributed by atoms with van der Waals surface area (Å²) in [6, 6.07) is 0. The fourth-order valence-electron chi connectivity index (χ4n) is 2.72. The first kappa shape index (κ1) is 14.8. The van der Waals surface area contributed by atoms with Crippen molar-refractivity contribution in [2.75, 3.05) is 18.1 Å². The Balaban J connectivity index is 2.32. The van der Waals surface area contributed by atoms with E-state index in [-0.39, 0.29) is 16.9 Å². The monoisotopic (exact) mass is 305 g/mol. The Labute approximate surface area is 119 Å². The number of halogens is 1. The van der Waals surface area contributed by atoms with E-state index in [0.717, 1.165) is 17.8 Å². The first-order valence-corrected chi connectivity index (χ1v) is 8.63. The van der Waals surface area contributed by atoms with Crippen molar-refractivity contribution in [3.8, 4) is 0 Å². The van der Waals surface area contributed by atoms with Crippen molar-refractivity contribution in [3.05, 3.63) is 16.4 Å². The fraction of sp³-hybridized carbons (Fsp3) is 0.750. The van der Waals surface area contributed by atoms with Crippen LogP contribution in [-0.2, 0) is 29.7 Å². The van der Waals surface area contributed by atoms with Crippen molar-refractivity contribution in [1.82, 2.24) is 9.78 Å². The van der Waals surface area contributed by atoms with Crippen molar-refractivity contribution < 1.29 is 8.42 Å². The summed E-state index contributed by atoms with van der Waals surface area (Å²) in [4.78, 5) is 0. The highest BCUT2D eigenvalue weighted by Crippen LogP contribution is 2.37. The molecule has 1 aromatic heterocycles. The largest absolute Gasteiger partial charge is 0.330 e. The lowest BCUT2D eigenvalue weighted by atomic mass is 9.83. The summed E-state index contributed by atoms with van der Waals surface area (Å²) >= 11 is 6.32. The average molecular weight is 306 g/mol. The number of aromatic nitrogens is 2. The molecule has 1 aliphatic heterocycles. The minimum absolute atomic E-state index is 0.152. The van der Waals surface area contributed by atoms with Crippen LogP contribution in [0.4, 0.5) is 0 Å². The van der Waals surface area contributed by atoms with E-state index in [1.165, 1.54) is 0 Å². The van der Waals surface area contributed by atoms with Gasteiger partial charge in [0.1, 0.15) is 0 Å². The van der Waals surface area contributed by atoms with Crippen molar-refractivity contribution in [2.45, 2.75) is 26.2 Å². The zero-order chi connectivity index (χ0) is 14.3. The Hall–Kier alpha value is -0.590. The highest BCUT2D eigenvalue weighted by molar-refractivity contribution is 7.91. The van der Waals surface area contributed by atoms with Crippen LogP contribution in [0.3, 0.4) is 0 Å².